The molecule has 0 radical (unpaired) electrons. The van der Waals surface area contributed by atoms with Crippen LogP contribution in [0.1, 0.15) is 45.1 Å². The minimum Gasteiger partial charge on any atom is -0.371 e. The average Bonchev–Trinajstić information content (AvgIpc) is 2.38. The second-order valence-corrected chi connectivity index (χ2v) is 7.89. The molecule has 0 bridgehead atoms. The molecule has 106 valence electrons. The predicted octanol–water partition coefficient (Wildman–Crippen LogP) is 5.75. The van der Waals surface area contributed by atoms with Crippen molar-refractivity contribution in [2.45, 2.75) is 50.9 Å². The van der Waals surface area contributed by atoms with Crippen molar-refractivity contribution in [1.82, 2.24) is 0 Å². The Morgan fingerprint density at radius 3 is 2.47 bits per heavy atom. The summed E-state index contributed by atoms with van der Waals surface area (Å²) >= 11 is 7.20. The molecule has 0 aliphatic heterocycles. The number of benzene rings is 1. The molecule has 1 nitrogen and oxygen atoms in total. The first-order valence-electron chi connectivity index (χ1n) is 7.00. The Morgan fingerprint density at radius 1 is 1.26 bits per heavy atom. The monoisotopic (exact) mass is 387 g/mol. The van der Waals surface area contributed by atoms with Crippen molar-refractivity contribution in [1.29, 1.82) is 0 Å². The van der Waals surface area contributed by atoms with E-state index in [1.54, 1.807) is 0 Å². The maximum atomic E-state index is 3.60. The average molecular weight is 389 g/mol. The predicted molar refractivity (Wildman–Crippen MR) is 91.2 cm³/mol. The van der Waals surface area contributed by atoms with E-state index in [1.807, 2.05) is 0 Å². The topological polar surface area (TPSA) is 3.24 Å². The molecule has 0 spiro atoms. The van der Waals surface area contributed by atoms with Crippen LogP contribution in [-0.4, -0.2) is 13.1 Å². The van der Waals surface area contributed by atoms with Crippen molar-refractivity contribution in [2.75, 3.05) is 11.9 Å². The minimum atomic E-state index is 0.535. The maximum Gasteiger partial charge on any atom is 0.0418 e. The summed E-state index contributed by atoms with van der Waals surface area (Å²) in [6, 6.07) is 7.26. The highest BCUT2D eigenvalue weighted by molar-refractivity contribution is 9.10. The lowest BCUT2D eigenvalue weighted by molar-refractivity contribution is 0.222. The van der Waals surface area contributed by atoms with Crippen molar-refractivity contribution in [2.24, 2.45) is 5.41 Å². The second-order valence-electron chi connectivity index (χ2n) is 6.41. The van der Waals surface area contributed by atoms with E-state index in [1.165, 1.54) is 36.9 Å². The van der Waals surface area contributed by atoms with E-state index in [-0.39, 0.29) is 0 Å². The third-order valence-electron chi connectivity index (χ3n) is 4.43. The molecule has 0 N–H and O–H groups in total. The van der Waals surface area contributed by atoms with Crippen molar-refractivity contribution in [3.63, 3.8) is 0 Å². The number of rotatable bonds is 3. The Bertz CT molecular complexity index is 432. The van der Waals surface area contributed by atoms with Crippen LogP contribution in [0, 0.1) is 5.41 Å². The molecule has 19 heavy (non-hydrogen) atoms. The van der Waals surface area contributed by atoms with Gasteiger partial charge < -0.3 is 4.90 Å². The van der Waals surface area contributed by atoms with Crippen LogP contribution in [0.4, 0.5) is 5.69 Å². The van der Waals surface area contributed by atoms with E-state index in [0.717, 1.165) is 9.80 Å². The van der Waals surface area contributed by atoms with Crippen LogP contribution in [-0.2, 0) is 5.33 Å². The zero-order valence-corrected chi connectivity index (χ0v) is 15.2. The highest BCUT2D eigenvalue weighted by atomic mass is 79.9. The van der Waals surface area contributed by atoms with E-state index < -0.39 is 0 Å². The van der Waals surface area contributed by atoms with E-state index in [0.29, 0.717) is 11.5 Å². The third kappa shape index (κ3) is 3.75. The minimum absolute atomic E-state index is 0.535. The van der Waals surface area contributed by atoms with Gasteiger partial charge in [0.05, 0.1) is 0 Å². The van der Waals surface area contributed by atoms with Crippen LogP contribution in [0.25, 0.3) is 0 Å². The highest BCUT2D eigenvalue weighted by Gasteiger charge is 2.29. The van der Waals surface area contributed by atoms with Crippen molar-refractivity contribution >= 4 is 37.5 Å². The molecule has 1 aromatic carbocycles. The van der Waals surface area contributed by atoms with Gasteiger partial charge in [-0.05, 0) is 48.8 Å². The van der Waals surface area contributed by atoms with Gasteiger partial charge in [0.1, 0.15) is 0 Å². The zero-order valence-electron chi connectivity index (χ0n) is 12.0. The van der Waals surface area contributed by atoms with Crippen LogP contribution in [0.3, 0.4) is 0 Å². The third-order valence-corrected chi connectivity index (χ3v) is 5.53. The van der Waals surface area contributed by atoms with Gasteiger partial charge in [-0.15, -0.1) is 0 Å². The molecular formula is C16H23Br2N. The quantitative estimate of drug-likeness (QED) is 0.596. The second kappa shape index (κ2) is 6.17. The van der Waals surface area contributed by atoms with Crippen LogP contribution in [0.15, 0.2) is 22.7 Å². The van der Waals surface area contributed by atoms with Gasteiger partial charge in [0, 0.05) is 28.6 Å². The first kappa shape index (κ1) is 15.4. The molecular weight excluding hydrogens is 366 g/mol. The van der Waals surface area contributed by atoms with Crippen molar-refractivity contribution in [3.05, 3.63) is 28.2 Å². The highest BCUT2D eigenvalue weighted by Crippen LogP contribution is 2.38. The number of nitrogens with zero attached hydrogens (tertiary/aromatic N) is 1. The number of alkyl halides is 1. The maximum absolute atomic E-state index is 3.60. The lowest BCUT2D eigenvalue weighted by Crippen LogP contribution is -2.37. The summed E-state index contributed by atoms with van der Waals surface area (Å²) < 4.78 is 1.16. The first-order valence-corrected chi connectivity index (χ1v) is 8.91. The summed E-state index contributed by atoms with van der Waals surface area (Å²) in [6.07, 6.45) is 5.27. The Hall–Kier alpha value is -0.0200. The summed E-state index contributed by atoms with van der Waals surface area (Å²) in [4.78, 5) is 2.48. The summed E-state index contributed by atoms with van der Waals surface area (Å²) in [6.45, 7) is 4.79. The molecule has 3 heteroatoms. The molecule has 0 unspecified atom stereocenters. The van der Waals surface area contributed by atoms with E-state index in [2.05, 4.69) is 75.9 Å². The normalized spacial score (nSPS) is 19.4. The molecule has 0 atom stereocenters. The summed E-state index contributed by atoms with van der Waals surface area (Å²) in [5.41, 5.74) is 3.26. The van der Waals surface area contributed by atoms with Gasteiger partial charge in [0.25, 0.3) is 0 Å². The summed E-state index contributed by atoms with van der Waals surface area (Å²) in [5.74, 6) is 0. The molecule has 1 saturated carbocycles. The zero-order chi connectivity index (χ0) is 14.0. The van der Waals surface area contributed by atoms with Gasteiger partial charge in [-0.3, -0.25) is 0 Å². The molecule has 1 aromatic rings. The fourth-order valence-electron chi connectivity index (χ4n) is 2.95. The molecule has 0 saturated heterocycles. The van der Waals surface area contributed by atoms with Gasteiger partial charge in [0.2, 0.25) is 0 Å². The lowest BCUT2D eigenvalue weighted by Gasteiger charge is -2.40. The fraction of sp³-hybridized carbons (Fsp3) is 0.625. The molecule has 0 heterocycles. The lowest BCUT2D eigenvalue weighted by atomic mass is 9.75. The Labute approximate surface area is 134 Å². The van der Waals surface area contributed by atoms with Gasteiger partial charge in [-0.1, -0.05) is 51.8 Å². The largest absolute Gasteiger partial charge is 0.371 e. The van der Waals surface area contributed by atoms with Gasteiger partial charge in [0.15, 0.2) is 0 Å². The summed E-state index contributed by atoms with van der Waals surface area (Å²) in [5, 5.41) is 0.915. The van der Waals surface area contributed by atoms with Crippen LogP contribution >= 0.6 is 31.9 Å². The van der Waals surface area contributed by atoms with E-state index in [4.69, 9.17) is 0 Å². The molecule has 2 rings (SSSR count). The molecule has 0 aromatic heterocycles. The molecule has 1 fully saturated rings. The Kier molecular flexibility index (Phi) is 4.99. The van der Waals surface area contributed by atoms with Crippen LogP contribution in [0.2, 0.25) is 0 Å². The Morgan fingerprint density at radius 2 is 1.89 bits per heavy atom. The van der Waals surface area contributed by atoms with Crippen LogP contribution in [0.5, 0.6) is 0 Å². The first-order chi connectivity index (χ1) is 8.93. The number of halogens is 2. The number of anilines is 1. The van der Waals surface area contributed by atoms with E-state index >= 15 is 0 Å². The molecule has 1 aliphatic rings. The van der Waals surface area contributed by atoms with Gasteiger partial charge in [-0.2, -0.15) is 0 Å². The SMILES string of the molecule is CN(c1cc(Br)ccc1CBr)C1CCC(C)(C)CC1. The van der Waals surface area contributed by atoms with Gasteiger partial charge in [-0.25, -0.2) is 0 Å². The number of hydrogen-bond acceptors (Lipinski definition) is 1. The Balaban J connectivity index is 2.16. The van der Waals surface area contributed by atoms with Gasteiger partial charge >= 0.3 is 0 Å². The van der Waals surface area contributed by atoms with Crippen LogP contribution < -0.4 is 4.90 Å². The number of hydrogen-bond donors (Lipinski definition) is 0. The smallest absolute Gasteiger partial charge is 0.0418 e. The van der Waals surface area contributed by atoms with Crippen molar-refractivity contribution in [3.8, 4) is 0 Å². The fourth-order valence-corrected chi connectivity index (χ4v) is 3.77. The van der Waals surface area contributed by atoms with E-state index in [9.17, 15) is 0 Å². The molecule has 0 amide bonds. The molecule has 1 aliphatic carbocycles. The van der Waals surface area contributed by atoms with Crippen molar-refractivity contribution < 1.29 is 0 Å². The standard InChI is InChI=1S/C16H23Br2N/c1-16(2)8-6-14(7-9-16)19(3)15-10-13(18)5-4-12(15)11-17/h4-5,10,14H,6-9,11H2,1-3H3. The summed E-state index contributed by atoms with van der Waals surface area (Å²) in [7, 11) is 2.25.